The summed E-state index contributed by atoms with van der Waals surface area (Å²) < 4.78 is 35.5. The number of carbonyl (C=O) groups excluding carboxylic acids is 1. The Bertz CT molecular complexity index is 559. The second-order valence-corrected chi connectivity index (χ2v) is 9.50. The van der Waals surface area contributed by atoms with Gasteiger partial charge in [0.25, 0.3) is 0 Å². The van der Waals surface area contributed by atoms with Gasteiger partial charge >= 0.3 is 5.97 Å². The van der Waals surface area contributed by atoms with Crippen LogP contribution in [0.3, 0.4) is 0 Å². The molecule has 0 aliphatic carbocycles. The lowest BCUT2D eigenvalue weighted by Gasteiger charge is -2.29. The summed E-state index contributed by atoms with van der Waals surface area (Å²) in [5, 5.41) is 0. The molecule has 3 aliphatic rings. The van der Waals surface area contributed by atoms with Crippen molar-refractivity contribution in [2.75, 3.05) is 6.61 Å². The second-order valence-electron chi connectivity index (χ2n) is 9.50. The van der Waals surface area contributed by atoms with Gasteiger partial charge in [-0.2, -0.15) is 0 Å². The number of esters is 1. The molecular weight excluding hydrogens is 364 g/mol. The van der Waals surface area contributed by atoms with Crippen LogP contribution in [-0.4, -0.2) is 54.9 Å². The molecule has 162 valence electrons. The summed E-state index contributed by atoms with van der Waals surface area (Å²) >= 11 is 0. The summed E-state index contributed by atoms with van der Waals surface area (Å²) in [4.78, 5) is 12.7. The van der Waals surface area contributed by atoms with Crippen LogP contribution in [0.1, 0.15) is 67.7 Å². The molecule has 7 nitrogen and oxygen atoms in total. The highest BCUT2D eigenvalue weighted by Crippen LogP contribution is 2.42. The Labute approximate surface area is 168 Å². The van der Waals surface area contributed by atoms with Gasteiger partial charge in [-0.05, 0) is 46.0 Å². The second kappa shape index (κ2) is 8.19. The molecule has 6 unspecified atom stereocenters. The predicted molar refractivity (Wildman–Crippen MR) is 101 cm³/mol. The molecule has 0 radical (unpaired) electrons. The van der Waals surface area contributed by atoms with E-state index < -0.39 is 36.2 Å². The van der Waals surface area contributed by atoms with E-state index in [-0.39, 0.29) is 12.1 Å². The van der Waals surface area contributed by atoms with Crippen LogP contribution in [0.4, 0.5) is 0 Å². The molecule has 0 amide bonds. The first kappa shape index (κ1) is 22.0. The third-order valence-corrected chi connectivity index (χ3v) is 5.53. The van der Waals surface area contributed by atoms with Gasteiger partial charge < -0.3 is 28.4 Å². The maximum absolute atomic E-state index is 12.7. The van der Waals surface area contributed by atoms with Crippen molar-refractivity contribution in [3.63, 3.8) is 0 Å². The quantitative estimate of drug-likeness (QED) is 0.607. The molecule has 3 saturated heterocycles. The first-order chi connectivity index (χ1) is 13.0. The molecule has 0 aromatic rings. The zero-order chi connectivity index (χ0) is 20.7. The van der Waals surface area contributed by atoms with Gasteiger partial charge in [0.15, 0.2) is 30.1 Å². The fraction of sp³-hybridized carbons (Fsp3) is 0.952. The summed E-state index contributed by atoms with van der Waals surface area (Å²) in [6, 6.07) is 0. The summed E-state index contributed by atoms with van der Waals surface area (Å²) in [6.07, 6.45) is -0.115. The highest BCUT2D eigenvalue weighted by molar-refractivity contribution is 5.70. The summed E-state index contributed by atoms with van der Waals surface area (Å²) in [5.41, 5.74) is 0. The molecule has 0 aromatic carbocycles. The molecule has 3 rings (SSSR count). The largest absolute Gasteiger partial charge is 0.456 e. The molecule has 0 bridgehead atoms. The van der Waals surface area contributed by atoms with Gasteiger partial charge in [-0.1, -0.05) is 27.2 Å². The molecule has 3 aliphatic heterocycles. The van der Waals surface area contributed by atoms with E-state index in [1.807, 2.05) is 27.7 Å². The van der Waals surface area contributed by atoms with Crippen molar-refractivity contribution >= 4 is 5.97 Å². The SMILES string of the molecule is CCC(CC(=O)OC1C(C2COC(C)(C)O2)OC2OC(C)(C)OC21)CC(C)C. The predicted octanol–water partition coefficient (Wildman–Crippen LogP) is 3.39. The Morgan fingerprint density at radius 3 is 2.36 bits per heavy atom. The normalized spacial score (nSPS) is 37.2. The lowest BCUT2D eigenvalue weighted by atomic mass is 9.92. The van der Waals surface area contributed by atoms with Crippen LogP contribution in [0.15, 0.2) is 0 Å². The smallest absolute Gasteiger partial charge is 0.306 e. The molecule has 3 fully saturated rings. The Kier molecular flexibility index (Phi) is 6.42. The Hall–Kier alpha value is -0.730. The number of ether oxygens (including phenoxy) is 6. The van der Waals surface area contributed by atoms with E-state index in [2.05, 4.69) is 20.8 Å². The van der Waals surface area contributed by atoms with Gasteiger partial charge in [0, 0.05) is 6.42 Å². The average Bonchev–Trinajstić information content (AvgIpc) is 3.16. The van der Waals surface area contributed by atoms with Crippen LogP contribution in [0.5, 0.6) is 0 Å². The zero-order valence-electron chi connectivity index (χ0n) is 18.2. The average molecular weight is 401 g/mol. The zero-order valence-corrected chi connectivity index (χ0v) is 18.2. The van der Waals surface area contributed by atoms with Gasteiger partial charge in [0.05, 0.1) is 6.61 Å². The number of hydrogen-bond donors (Lipinski definition) is 0. The minimum atomic E-state index is -0.777. The van der Waals surface area contributed by atoms with Crippen LogP contribution >= 0.6 is 0 Å². The molecule has 6 atom stereocenters. The maximum atomic E-state index is 12.7. The third kappa shape index (κ3) is 5.05. The van der Waals surface area contributed by atoms with E-state index in [9.17, 15) is 4.79 Å². The van der Waals surface area contributed by atoms with E-state index in [4.69, 9.17) is 28.4 Å². The third-order valence-electron chi connectivity index (χ3n) is 5.53. The molecule has 3 heterocycles. The summed E-state index contributed by atoms with van der Waals surface area (Å²) in [6.45, 7) is 14.2. The van der Waals surface area contributed by atoms with Crippen LogP contribution in [0.25, 0.3) is 0 Å². The summed E-state index contributed by atoms with van der Waals surface area (Å²) in [7, 11) is 0. The van der Waals surface area contributed by atoms with Gasteiger partial charge in [0.2, 0.25) is 0 Å². The van der Waals surface area contributed by atoms with Crippen LogP contribution < -0.4 is 0 Å². The lowest BCUT2D eigenvalue weighted by molar-refractivity contribution is -0.235. The topological polar surface area (TPSA) is 72.5 Å². The van der Waals surface area contributed by atoms with Crippen LogP contribution in [0, 0.1) is 11.8 Å². The Morgan fingerprint density at radius 1 is 1.07 bits per heavy atom. The van der Waals surface area contributed by atoms with E-state index in [0.717, 1.165) is 12.8 Å². The van der Waals surface area contributed by atoms with Crippen molar-refractivity contribution in [3.05, 3.63) is 0 Å². The molecule has 0 saturated carbocycles. The van der Waals surface area contributed by atoms with Crippen molar-refractivity contribution in [1.82, 2.24) is 0 Å². The van der Waals surface area contributed by atoms with E-state index >= 15 is 0 Å². The van der Waals surface area contributed by atoms with Crippen molar-refractivity contribution < 1.29 is 33.2 Å². The van der Waals surface area contributed by atoms with E-state index in [0.29, 0.717) is 24.9 Å². The Morgan fingerprint density at radius 2 is 1.79 bits per heavy atom. The fourth-order valence-corrected chi connectivity index (χ4v) is 4.31. The molecule has 0 N–H and O–H groups in total. The minimum absolute atomic E-state index is 0.224. The van der Waals surface area contributed by atoms with Crippen molar-refractivity contribution in [3.8, 4) is 0 Å². The van der Waals surface area contributed by atoms with E-state index in [1.54, 1.807) is 0 Å². The van der Waals surface area contributed by atoms with Crippen molar-refractivity contribution in [2.24, 2.45) is 11.8 Å². The number of rotatable bonds is 7. The molecule has 28 heavy (non-hydrogen) atoms. The molecular formula is C21H36O7. The number of hydrogen-bond acceptors (Lipinski definition) is 7. The summed E-state index contributed by atoms with van der Waals surface area (Å²) in [5.74, 6) is -0.833. The van der Waals surface area contributed by atoms with Gasteiger partial charge in [0.1, 0.15) is 12.2 Å². The highest BCUT2D eigenvalue weighted by atomic mass is 16.8. The Balaban J connectivity index is 1.69. The first-order valence-corrected chi connectivity index (χ1v) is 10.5. The minimum Gasteiger partial charge on any atom is -0.456 e. The molecule has 0 spiro atoms. The molecule has 7 heteroatoms. The fourth-order valence-electron chi connectivity index (χ4n) is 4.31. The van der Waals surface area contributed by atoms with Crippen LogP contribution in [-0.2, 0) is 33.2 Å². The van der Waals surface area contributed by atoms with Crippen LogP contribution in [0.2, 0.25) is 0 Å². The van der Waals surface area contributed by atoms with Gasteiger partial charge in [-0.15, -0.1) is 0 Å². The number of carbonyl (C=O) groups is 1. The maximum Gasteiger partial charge on any atom is 0.306 e. The van der Waals surface area contributed by atoms with Crippen molar-refractivity contribution in [1.29, 1.82) is 0 Å². The highest BCUT2D eigenvalue weighted by Gasteiger charge is 2.60. The van der Waals surface area contributed by atoms with Gasteiger partial charge in [-0.25, -0.2) is 0 Å². The standard InChI is InChI=1S/C21H36O7/c1-8-13(9-12(2)3)10-15(22)24-17-16(14-11-23-20(4,5)26-14)25-19-18(17)27-21(6,7)28-19/h12-14,16-19H,8-11H2,1-7H3. The monoisotopic (exact) mass is 400 g/mol. The van der Waals surface area contributed by atoms with E-state index in [1.165, 1.54) is 0 Å². The number of fused-ring (bicyclic) bond motifs is 1. The lowest BCUT2D eigenvalue weighted by Crippen LogP contribution is -2.45. The molecule has 0 aromatic heterocycles. The van der Waals surface area contributed by atoms with Gasteiger partial charge in [-0.3, -0.25) is 4.79 Å². The van der Waals surface area contributed by atoms with Crippen molar-refractivity contribution in [2.45, 2.75) is 110 Å². The first-order valence-electron chi connectivity index (χ1n) is 10.5.